The zero-order valence-corrected chi connectivity index (χ0v) is 7.81. The summed E-state index contributed by atoms with van der Waals surface area (Å²) in [6, 6.07) is 6.03. The Labute approximate surface area is 86.0 Å². The number of anilines is 1. The Morgan fingerprint density at radius 1 is 1.13 bits per heavy atom. The van der Waals surface area contributed by atoms with Crippen molar-refractivity contribution < 1.29 is 4.39 Å². The van der Waals surface area contributed by atoms with Gasteiger partial charge < -0.3 is 5.43 Å². The summed E-state index contributed by atoms with van der Waals surface area (Å²) in [5.41, 5.74) is 3.84. The van der Waals surface area contributed by atoms with Crippen LogP contribution in [0.3, 0.4) is 0 Å². The number of hydrazine groups is 1. The Morgan fingerprint density at radius 3 is 2.53 bits per heavy atom. The number of nitrogen functional groups attached to an aromatic ring is 1. The van der Waals surface area contributed by atoms with Crippen molar-refractivity contribution in [3.63, 3.8) is 0 Å². The Bertz CT molecular complexity index is 455. The van der Waals surface area contributed by atoms with E-state index in [1.54, 1.807) is 18.3 Å². The van der Waals surface area contributed by atoms with E-state index in [9.17, 15) is 4.39 Å². The molecular weight excluding hydrogens is 195 g/mol. The van der Waals surface area contributed by atoms with Gasteiger partial charge in [0.15, 0.2) is 5.82 Å². The van der Waals surface area contributed by atoms with Crippen LogP contribution in [0.25, 0.3) is 11.3 Å². The maximum atomic E-state index is 12.7. The average molecular weight is 204 g/mol. The predicted octanol–water partition coefficient (Wildman–Crippen LogP) is 1.57. The first-order valence-corrected chi connectivity index (χ1v) is 4.34. The highest BCUT2D eigenvalue weighted by molar-refractivity contribution is 5.59. The van der Waals surface area contributed by atoms with Gasteiger partial charge in [-0.2, -0.15) is 0 Å². The number of nitrogens with zero attached hydrogens (tertiary/aromatic N) is 2. The molecule has 0 aliphatic rings. The summed E-state index contributed by atoms with van der Waals surface area (Å²) in [6.45, 7) is 0. The van der Waals surface area contributed by atoms with Gasteiger partial charge in [0.1, 0.15) is 5.82 Å². The van der Waals surface area contributed by atoms with Gasteiger partial charge in [-0.15, -0.1) is 0 Å². The highest BCUT2D eigenvalue weighted by Gasteiger charge is 2.01. The zero-order valence-electron chi connectivity index (χ0n) is 7.81. The van der Waals surface area contributed by atoms with Crippen molar-refractivity contribution in [3.8, 4) is 11.3 Å². The quantitative estimate of drug-likeness (QED) is 0.575. The van der Waals surface area contributed by atoms with E-state index in [0.717, 1.165) is 5.56 Å². The summed E-state index contributed by atoms with van der Waals surface area (Å²) < 4.78 is 12.7. The van der Waals surface area contributed by atoms with Crippen LogP contribution in [0, 0.1) is 5.82 Å². The Balaban J connectivity index is 2.40. The van der Waals surface area contributed by atoms with Crippen molar-refractivity contribution >= 4 is 5.82 Å². The van der Waals surface area contributed by atoms with Crippen molar-refractivity contribution in [3.05, 3.63) is 42.5 Å². The number of hydrogen-bond acceptors (Lipinski definition) is 4. The normalized spacial score (nSPS) is 10.0. The smallest absolute Gasteiger partial charge is 0.159 e. The van der Waals surface area contributed by atoms with Crippen LogP contribution >= 0.6 is 0 Å². The first-order valence-electron chi connectivity index (χ1n) is 4.34. The second-order valence-electron chi connectivity index (χ2n) is 2.94. The molecule has 0 unspecified atom stereocenters. The molecule has 0 amide bonds. The Morgan fingerprint density at radius 2 is 1.87 bits per heavy atom. The fourth-order valence-corrected chi connectivity index (χ4v) is 1.20. The van der Waals surface area contributed by atoms with Gasteiger partial charge in [-0.05, 0) is 24.3 Å². The molecule has 0 atom stereocenters. The number of aromatic nitrogens is 2. The van der Waals surface area contributed by atoms with E-state index >= 15 is 0 Å². The molecule has 2 rings (SSSR count). The molecule has 76 valence electrons. The van der Waals surface area contributed by atoms with Gasteiger partial charge in [-0.1, -0.05) is 0 Å². The maximum absolute atomic E-state index is 12.7. The van der Waals surface area contributed by atoms with Gasteiger partial charge >= 0.3 is 0 Å². The van der Waals surface area contributed by atoms with E-state index in [1.807, 2.05) is 0 Å². The molecule has 0 fully saturated rings. The summed E-state index contributed by atoms with van der Waals surface area (Å²) in [6.07, 6.45) is 3.10. The number of nitrogens with one attached hydrogen (secondary N) is 1. The van der Waals surface area contributed by atoms with Crippen molar-refractivity contribution in [2.24, 2.45) is 5.84 Å². The lowest BCUT2D eigenvalue weighted by Crippen LogP contribution is -2.09. The van der Waals surface area contributed by atoms with Crippen LogP contribution in [0.4, 0.5) is 10.2 Å². The van der Waals surface area contributed by atoms with Crippen LogP contribution in [-0.4, -0.2) is 9.97 Å². The van der Waals surface area contributed by atoms with Crippen molar-refractivity contribution in [1.29, 1.82) is 0 Å². The standard InChI is InChI=1S/C10H9FN4/c11-8-3-1-7(2-4-8)9-5-13-6-10(14-9)15-12/h1-6H,12H2,(H,14,15). The van der Waals surface area contributed by atoms with E-state index in [1.165, 1.54) is 18.3 Å². The van der Waals surface area contributed by atoms with Crippen LogP contribution in [0.15, 0.2) is 36.7 Å². The van der Waals surface area contributed by atoms with E-state index in [0.29, 0.717) is 11.5 Å². The van der Waals surface area contributed by atoms with Crippen LogP contribution in [0.1, 0.15) is 0 Å². The molecule has 0 saturated carbocycles. The zero-order chi connectivity index (χ0) is 10.7. The van der Waals surface area contributed by atoms with Crippen molar-refractivity contribution in [1.82, 2.24) is 9.97 Å². The number of benzene rings is 1. The van der Waals surface area contributed by atoms with Gasteiger partial charge in [0, 0.05) is 5.56 Å². The van der Waals surface area contributed by atoms with Gasteiger partial charge in [-0.25, -0.2) is 15.2 Å². The third-order valence-corrected chi connectivity index (χ3v) is 1.92. The van der Waals surface area contributed by atoms with E-state index < -0.39 is 0 Å². The highest BCUT2D eigenvalue weighted by atomic mass is 19.1. The molecule has 0 aliphatic carbocycles. The maximum Gasteiger partial charge on any atom is 0.159 e. The second-order valence-corrected chi connectivity index (χ2v) is 2.94. The number of hydrogen-bond donors (Lipinski definition) is 2. The third kappa shape index (κ3) is 2.08. The molecule has 0 spiro atoms. The average Bonchev–Trinajstić information content (AvgIpc) is 2.30. The van der Waals surface area contributed by atoms with E-state index in [-0.39, 0.29) is 5.82 Å². The second kappa shape index (κ2) is 4.02. The molecule has 1 aromatic heterocycles. The monoisotopic (exact) mass is 204 g/mol. The van der Waals surface area contributed by atoms with Crippen molar-refractivity contribution in [2.75, 3.05) is 5.43 Å². The van der Waals surface area contributed by atoms with Gasteiger partial charge in [0.25, 0.3) is 0 Å². The molecule has 5 heteroatoms. The van der Waals surface area contributed by atoms with Crippen LogP contribution < -0.4 is 11.3 Å². The molecule has 0 radical (unpaired) electrons. The van der Waals surface area contributed by atoms with Crippen LogP contribution in [0.5, 0.6) is 0 Å². The first kappa shape index (κ1) is 9.54. The predicted molar refractivity (Wildman–Crippen MR) is 55.2 cm³/mol. The van der Waals surface area contributed by atoms with E-state index in [4.69, 9.17) is 5.84 Å². The van der Waals surface area contributed by atoms with Gasteiger partial charge in [0.05, 0.1) is 18.1 Å². The minimum atomic E-state index is -0.278. The van der Waals surface area contributed by atoms with Crippen LogP contribution in [0.2, 0.25) is 0 Å². The van der Waals surface area contributed by atoms with Gasteiger partial charge in [0.2, 0.25) is 0 Å². The lowest BCUT2D eigenvalue weighted by atomic mass is 10.1. The third-order valence-electron chi connectivity index (χ3n) is 1.92. The minimum Gasteiger partial charge on any atom is -0.307 e. The molecule has 0 aliphatic heterocycles. The van der Waals surface area contributed by atoms with Gasteiger partial charge in [-0.3, -0.25) is 4.98 Å². The Kier molecular flexibility index (Phi) is 2.55. The molecule has 1 aromatic carbocycles. The lowest BCUT2D eigenvalue weighted by Gasteiger charge is -2.02. The molecule has 15 heavy (non-hydrogen) atoms. The summed E-state index contributed by atoms with van der Waals surface area (Å²) >= 11 is 0. The van der Waals surface area contributed by atoms with Crippen molar-refractivity contribution in [2.45, 2.75) is 0 Å². The molecule has 2 aromatic rings. The summed E-state index contributed by atoms with van der Waals surface area (Å²) in [5, 5.41) is 0. The molecule has 1 heterocycles. The number of rotatable bonds is 2. The SMILES string of the molecule is NNc1cncc(-c2ccc(F)cc2)n1. The molecule has 4 nitrogen and oxygen atoms in total. The summed E-state index contributed by atoms with van der Waals surface area (Å²) in [4.78, 5) is 8.13. The lowest BCUT2D eigenvalue weighted by molar-refractivity contribution is 0.628. The fourth-order valence-electron chi connectivity index (χ4n) is 1.20. The number of halogens is 1. The first-order chi connectivity index (χ1) is 7.29. The minimum absolute atomic E-state index is 0.278. The molecule has 3 N–H and O–H groups in total. The highest BCUT2D eigenvalue weighted by Crippen LogP contribution is 2.17. The molecule has 0 saturated heterocycles. The van der Waals surface area contributed by atoms with Crippen LogP contribution in [-0.2, 0) is 0 Å². The topological polar surface area (TPSA) is 63.8 Å². The fraction of sp³-hybridized carbons (Fsp3) is 0. The molecule has 0 bridgehead atoms. The molecular formula is C10H9FN4. The summed E-state index contributed by atoms with van der Waals surface area (Å²) in [5.74, 6) is 5.40. The Hall–Kier alpha value is -2.01. The largest absolute Gasteiger partial charge is 0.307 e. The van der Waals surface area contributed by atoms with E-state index in [2.05, 4.69) is 15.4 Å². The number of nitrogens with two attached hydrogens (primary N) is 1. The summed E-state index contributed by atoms with van der Waals surface area (Å²) in [7, 11) is 0.